The Morgan fingerprint density at radius 1 is 1.15 bits per heavy atom. The number of carbonyl (C=O) groups excluding carboxylic acids is 1. The number of carbonyl (C=O) groups is 1. The topological polar surface area (TPSA) is 78.5 Å². The van der Waals surface area contributed by atoms with Crippen LogP contribution in [0.1, 0.15) is 16.2 Å². The van der Waals surface area contributed by atoms with Gasteiger partial charge in [-0.2, -0.15) is 0 Å². The lowest BCUT2D eigenvalue weighted by atomic mass is 10.2. The minimum absolute atomic E-state index is 0.0886. The summed E-state index contributed by atoms with van der Waals surface area (Å²) < 4.78 is 8.47. The van der Waals surface area contributed by atoms with E-state index < -0.39 is 5.97 Å². The van der Waals surface area contributed by atoms with Crippen molar-refractivity contribution in [3.8, 4) is 0 Å². The molecule has 0 unspecified atom stereocenters. The molecule has 0 fully saturated rings. The number of halogens is 1. The maximum atomic E-state index is 12.4. The molecule has 7 nitrogen and oxygen atoms in total. The average molecular weight is 369 g/mol. The average Bonchev–Trinajstić information content (AvgIpc) is 3.08. The number of para-hydroxylation sites is 1. The van der Waals surface area contributed by atoms with Gasteiger partial charge in [-0.3, -0.25) is 13.8 Å². The van der Waals surface area contributed by atoms with Crippen LogP contribution < -0.4 is 5.56 Å². The van der Waals surface area contributed by atoms with Gasteiger partial charge in [0.1, 0.15) is 0 Å². The molecule has 0 amide bonds. The first-order valence-electron chi connectivity index (χ1n) is 7.80. The molecule has 0 aliphatic rings. The molecule has 0 saturated carbocycles. The highest BCUT2D eigenvalue weighted by molar-refractivity contribution is 6.30. The summed E-state index contributed by atoms with van der Waals surface area (Å²) in [7, 11) is 1.63. The summed E-state index contributed by atoms with van der Waals surface area (Å²) in [6.45, 7) is -0.0886. The first kappa shape index (κ1) is 16.3. The Labute approximate surface area is 152 Å². The fourth-order valence-electron chi connectivity index (χ4n) is 2.81. The van der Waals surface area contributed by atoms with E-state index in [1.165, 1.54) is 10.6 Å². The largest absolute Gasteiger partial charge is 0.454 e. The third kappa shape index (κ3) is 2.62. The highest BCUT2D eigenvalue weighted by atomic mass is 35.5. The summed E-state index contributed by atoms with van der Waals surface area (Å²) in [4.78, 5) is 24.6. The van der Waals surface area contributed by atoms with Crippen molar-refractivity contribution < 1.29 is 9.53 Å². The Kier molecular flexibility index (Phi) is 3.93. The molecule has 130 valence electrons. The normalized spacial score (nSPS) is 11.2. The van der Waals surface area contributed by atoms with E-state index in [4.69, 9.17) is 16.3 Å². The summed E-state index contributed by atoms with van der Waals surface area (Å²) in [5.74, 6) is 0.281. The zero-order valence-corrected chi connectivity index (χ0v) is 14.5. The van der Waals surface area contributed by atoms with E-state index in [1.807, 2.05) is 6.07 Å². The minimum Gasteiger partial charge on any atom is -0.454 e. The molecule has 0 N–H and O–H groups in total. The minimum atomic E-state index is -0.515. The molecular formula is C18H13ClN4O3. The van der Waals surface area contributed by atoms with E-state index >= 15 is 0 Å². The number of hydrogen-bond donors (Lipinski definition) is 0. The molecule has 0 radical (unpaired) electrons. The Morgan fingerprint density at radius 2 is 1.96 bits per heavy atom. The van der Waals surface area contributed by atoms with Crippen molar-refractivity contribution in [1.29, 1.82) is 0 Å². The van der Waals surface area contributed by atoms with Crippen molar-refractivity contribution in [1.82, 2.24) is 19.2 Å². The fourth-order valence-corrected chi connectivity index (χ4v) is 3.00. The van der Waals surface area contributed by atoms with Gasteiger partial charge in [-0.05, 0) is 30.3 Å². The Balaban J connectivity index is 1.74. The SMILES string of the molecule is Cn1c(=O)c2ccccc2n2c(COC(=O)c3cccc(Cl)c3)nnc12. The fraction of sp³-hybridized carbons (Fsp3) is 0.111. The van der Waals surface area contributed by atoms with E-state index in [0.29, 0.717) is 33.1 Å². The predicted octanol–water partition coefficient (Wildman–Crippen LogP) is 2.59. The van der Waals surface area contributed by atoms with Crippen LogP contribution in [0.3, 0.4) is 0 Å². The standard InChI is InChI=1S/C18H13ClN4O3/c1-22-16(24)13-7-2-3-8-14(13)23-15(20-21-18(22)23)10-26-17(25)11-5-4-6-12(19)9-11/h2-9H,10H2,1H3. The van der Waals surface area contributed by atoms with Crippen LogP contribution in [0.2, 0.25) is 5.02 Å². The van der Waals surface area contributed by atoms with Gasteiger partial charge >= 0.3 is 5.97 Å². The van der Waals surface area contributed by atoms with Crippen molar-refractivity contribution in [2.24, 2.45) is 7.05 Å². The quantitative estimate of drug-likeness (QED) is 0.519. The van der Waals surface area contributed by atoms with Crippen LogP contribution in [0.25, 0.3) is 16.7 Å². The van der Waals surface area contributed by atoms with E-state index in [2.05, 4.69) is 10.2 Å². The summed E-state index contributed by atoms with van der Waals surface area (Å²) in [5.41, 5.74) is 0.843. The van der Waals surface area contributed by atoms with Gasteiger partial charge in [-0.1, -0.05) is 29.8 Å². The van der Waals surface area contributed by atoms with Crippen molar-refractivity contribution in [3.63, 3.8) is 0 Å². The predicted molar refractivity (Wildman–Crippen MR) is 96.3 cm³/mol. The maximum Gasteiger partial charge on any atom is 0.338 e. The van der Waals surface area contributed by atoms with Crippen molar-refractivity contribution in [2.45, 2.75) is 6.61 Å². The van der Waals surface area contributed by atoms with Gasteiger partial charge in [0.25, 0.3) is 5.56 Å². The van der Waals surface area contributed by atoms with Gasteiger partial charge in [0.2, 0.25) is 5.78 Å². The maximum absolute atomic E-state index is 12.4. The number of aromatic nitrogens is 4. The van der Waals surface area contributed by atoms with Crippen molar-refractivity contribution >= 4 is 34.3 Å². The van der Waals surface area contributed by atoms with Crippen LogP contribution in [-0.4, -0.2) is 25.1 Å². The van der Waals surface area contributed by atoms with Crippen molar-refractivity contribution in [3.05, 3.63) is 75.3 Å². The number of nitrogens with zero attached hydrogens (tertiary/aromatic N) is 4. The van der Waals surface area contributed by atoms with E-state index in [9.17, 15) is 9.59 Å². The number of rotatable bonds is 3. The Hall–Kier alpha value is -3.19. The molecule has 0 spiro atoms. The number of ether oxygens (including phenoxy) is 1. The molecule has 8 heteroatoms. The van der Waals surface area contributed by atoms with Crippen LogP contribution in [0, 0.1) is 0 Å². The first-order chi connectivity index (χ1) is 12.6. The monoisotopic (exact) mass is 368 g/mol. The smallest absolute Gasteiger partial charge is 0.338 e. The van der Waals surface area contributed by atoms with Crippen LogP contribution in [-0.2, 0) is 18.4 Å². The number of aryl methyl sites for hydroxylation is 1. The highest BCUT2D eigenvalue weighted by Gasteiger charge is 2.16. The van der Waals surface area contributed by atoms with Crippen LogP contribution in [0.5, 0.6) is 0 Å². The van der Waals surface area contributed by atoms with Gasteiger partial charge in [0, 0.05) is 12.1 Å². The first-order valence-corrected chi connectivity index (χ1v) is 8.18. The molecule has 4 rings (SSSR count). The zero-order chi connectivity index (χ0) is 18.3. The summed E-state index contributed by atoms with van der Waals surface area (Å²) in [6.07, 6.45) is 0. The van der Waals surface area contributed by atoms with Gasteiger partial charge in [-0.15, -0.1) is 10.2 Å². The van der Waals surface area contributed by atoms with Crippen LogP contribution in [0.15, 0.2) is 53.3 Å². The van der Waals surface area contributed by atoms with E-state index in [0.717, 1.165) is 0 Å². The highest BCUT2D eigenvalue weighted by Crippen LogP contribution is 2.16. The molecular weight excluding hydrogens is 356 g/mol. The van der Waals surface area contributed by atoms with Crippen molar-refractivity contribution in [2.75, 3.05) is 0 Å². The summed E-state index contributed by atoms with van der Waals surface area (Å²) in [6, 6.07) is 13.7. The second-order valence-electron chi connectivity index (χ2n) is 5.72. The van der Waals surface area contributed by atoms with Gasteiger partial charge in [0.05, 0.1) is 16.5 Å². The summed E-state index contributed by atoms with van der Waals surface area (Å²) >= 11 is 5.90. The molecule has 2 aromatic carbocycles. The Morgan fingerprint density at radius 3 is 2.77 bits per heavy atom. The van der Waals surface area contributed by atoms with Gasteiger partial charge in [0.15, 0.2) is 12.4 Å². The number of benzene rings is 2. The lowest BCUT2D eigenvalue weighted by Crippen LogP contribution is -2.20. The number of hydrogen-bond acceptors (Lipinski definition) is 5. The van der Waals surface area contributed by atoms with E-state index in [-0.39, 0.29) is 12.2 Å². The molecule has 4 aromatic rings. The molecule has 2 heterocycles. The molecule has 26 heavy (non-hydrogen) atoms. The second-order valence-corrected chi connectivity index (χ2v) is 6.16. The molecule has 0 aliphatic carbocycles. The lowest BCUT2D eigenvalue weighted by Gasteiger charge is -2.08. The lowest BCUT2D eigenvalue weighted by molar-refractivity contribution is 0.0461. The van der Waals surface area contributed by atoms with Crippen LogP contribution in [0.4, 0.5) is 0 Å². The number of fused-ring (bicyclic) bond motifs is 3. The van der Waals surface area contributed by atoms with Crippen LogP contribution >= 0.6 is 11.6 Å². The van der Waals surface area contributed by atoms with Gasteiger partial charge in [-0.25, -0.2) is 4.79 Å². The van der Waals surface area contributed by atoms with Gasteiger partial charge < -0.3 is 4.74 Å². The van der Waals surface area contributed by atoms with E-state index in [1.54, 1.807) is 47.8 Å². The Bertz CT molecular complexity index is 1210. The molecule has 0 aliphatic heterocycles. The zero-order valence-electron chi connectivity index (χ0n) is 13.7. The third-order valence-electron chi connectivity index (χ3n) is 4.09. The number of esters is 1. The second kappa shape index (κ2) is 6.27. The summed E-state index contributed by atoms with van der Waals surface area (Å²) in [5, 5.41) is 9.12. The molecule has 0 bridgehead atoms. The molecule has 0 atom stereocenters. The molecule has 0 saturated heterocycles. The molecule has 2 aromatic heterocycles. The third-order valence-corrected chi connectivity index (χ3v) is 4.32.